The summed E-state index contributed by atoms with van der Waals surface area (Å²) >= 11 is 0. The SMILES string of the molecule is CCOc1ccc(S(=O)(=O)N2CCN(c3ccc(-c4ccco4)nn3)CC2)cc1. The highest BCUT2D eigenvalue weighted by molar-refractivity contribution is 7.89. The molecule has 0 atom stereocenters. The maximum absolute atomic E-state index is 12.9. The van der Waals surface area contributed by atoms with Crippen LogP contribution in [0, 0.1) is 0 Å². The van der Waals surface area contributed by atoms with Gasteiger partial charge in [0.05, 0.1) is 17.8 Å². The van der Waals surface area contributed by atoms with Crippen molar-refractivity contribution in [3.63, 3.8) is 0 Å². The van der Waals surface area contributed by atoms with Crippen molar-refractivity contribution in [2.45, 2.75) is 11.8 Å². The number of sulfonamides is 1. The molecule has 0 aliphatic carbocycles. The summed E-state index contributed by atoms with van der Waals surface area (Å²) in [6.45, 7) is 4.29. The second-order valence-corrected chi connectivity index (χ2v) is 8.49. The number of anilines is 1. The van der Waals surface area contributed by atoms with Gasteiger partial charge in [-0.15, -0.1) is 10.2 Å². The van der Waals surface area contributed by atoms with Crippen LogP contribution < -0.4 is 9.64 Å². The van der Waals surface area contributed by atoms with Gasteiger partial charge in [-0.2, -0.15) is 4.31 Å². The lowest BCUT2D eigenvalue weighted by atomic mass is 10.3. The van der Waals surface area contributed by atoms with Crippen LogP contribution in [0.2, 0.25) is 0 Å². The van der Waals surface area contributed by atoms with Crippen molar-refractivity contribution in [2.75, 3.05) is 37.7 Å². The number of hydrogen-bond donors (Lipinski definition) is 0. The fourth-order valence-electron chi connectivity index (χ4n) is 3.23. The Morgan fingerprint density at radius 3 is 2.34 bits per heavy atom. The van der Waals surface area contributed by atoms with E-state index < -0.39 is 10.0 Å². The molecular formula is C20H22N4O4S. The molecule has 9 heteroatoms. The third-order valence-electron chi connectivity index (χ3n) is 4.76. The zero-order valence-electron chi connectivity index (χ0n) is 16.1. The molecule has 29 heavy (non-hydrogen) atoms. The average molecular weight is 414 g/mol. The first-order valence-electron chi connectivity index (χ1n) is 9.43. The second-order valence-electron chi connectivity index (χ2n) is 6.55. The Morgan fingerprint density at radius 2 is 1.76 bits per heavy atom. The van der Waals surface area contributed by atoms with Gasteiger partial charge in [0.1, 0.15) is 11.4 Å². The number of hydrogen-bond acceptors (Lipinski definition) is 7. The van der Waals surface area contributed by atoms with Crippen molar-refractivity contribution in [3.8, 4) is 17.2 Å². The highest BCUT2D eigenvalue weighted by atomic mass is 32.2. The van der Waals surface area contributed by atoms with Crippen molar-refractivity contribution < 1.29 is 17.6 Å². The van der Waals surface area contributed by atoms with Crippen molar-refractivity contribution >= 4 is 15.8 Å². The minimum Gasteiger partial charge on any atom is -0.494 e. The molecule has 0 amide bonds. The lowest BCUT2D eigenvalue weighted by Gasteiger charge is -2.34. The summed E-state index contributed by atoms with van der Waals surface area (Å²) in [6.07, 6.45) is 1.59. The quantitative estimate of drug-likeness (QED) is 0.613. The molecule has 2 aromatic heterocycles. The molecule has 3 heterocycles. The average Bonchev–Trinajstić information content (AvgIpc) is 3.30. The van der Waals surface area contributed by atoms with Gasteiger partial charge >= 0.3 is 0 Å². The smallest absolute Gasteiger partial charge is 0.243 e. The van der Waals surface area contributed by atoms with Crippen LogP contribution >= 0.6 is 0 Å². The molecule has 152 valence electrons. The third kappa shape index (κ3) is 4.10. The Bertz CT molecular complexity index is 1030. The van der Waals surface area contributed by atoms with E-state index in [1.165, 1.54) is 4.31 Å². The summed E-state index contributed by atoms with van der Waals surface area (Å²) in [6, 6.07) is 13.9. The van der Waals surface area contributed by atoms with Crippen LogP contribution in [0.5, 0.6) is 5.75 Å². The fourth-order valence-corrected chi connectivity index (χ4v) is 4.65. The Labute approximate surface area is 169 Å². The predicted molar refractivity (Wildman–Crippen MR) is 108 cm³/mol. The molecule has 0 N–H and O–H groups in total. The monoisotopic (exact) mass is 414 g/mol. The number of benzene rings is 1. The van der Waals surface area contributed by atoms with Crippen molar-refractivity contribution in [3.05, 3.63) is 54.8 Å². The van der Waals surface area contributed by atoms with Gasteiger partial charge in [0, 0.05) is 26.2 Å². The van der Waals surface area contributed by atoms with E-state index in [2.05, 4.69) is 10.2 Å². The molecule has 0 bridgehead atoms. The minimum absolute atomic E-state index is 0.275. The summed E-state index contributed by atoms with van der Waals surface area (Å²) in [5, 5.41) is 8.47. The number of ether oxygens (including phenoxy) is 1. The largest absolute Gasteiger partial charge is 0.494 e. The summed E-state index contributed by atoms with van der Waals surface area (Å²) in [4.78, 5) is 2.31. The lowest BCUT2D eigenvalue weighted by Crippen LogP contribution is -2.48. The molecule has 1 fully saturated rings. The van der Waals surface area contributed by atoms with Gasteiger partial charge in [-0.05, 0) is 55.5 Å². The first-order chi connectivity index (χ1) is 14.1. The molecule has 0 spiro atoms. The Hall–Kier alpha value is -2.91. The van der Waals surface area contributed by atoms with Crippen LogP contribution in [0.4, 0.5) is 5.82 Å². The molecule has 3 aromatic rings. The van der Waals surface area contributed by atoms with Crippen LogP contribution in [0.25, 0.3) is 11.5 Å². The number of furan rings is 1. The molecule has 0 radical (unpaired) electrons. The number of rotatable bonds is 6. The van der Waals surface area contributed by atoms with Crippen molar-refractivity contribution in [1.82, 2.24) is 14.5 Å². The van der Waals surface area contributed by atoms with Gasteiger partial charge in [-0.25, -0.2) is 8.42 Å². The molecule has 8 nitrogen and oxygen atoms in total. The van der Waals surface area contributed by atoms with E-state index in [1.807, 2.05) is 30.0 Å². The fraction of sp³-hybridized carbons (Fsp3) is 0.300. The first kappa shape index (κ1) is 19.4. The van der Waals surface area contributed by atoms with E-state index in [-0.39, 0.29) is 4.90 Å². The molecule has 1 saturated heterocycles. The summed E-state index contributed by atoms with van der Waals surface area (Å²) in [7, 11) is -3.53. The normalized spacial score (nSPS) is 15.4. The molecule has 1 aliphatic rings. The van der Waals surface area contributed by atoms with Gasteiger partial charge in [0.2, 0.25) is 10.0 Å². The van der Waals surface area contributed by atoms with Crippen molar-refractivity contribution in [2.24, 2.45) is 0 Å². The number of aromatic nitrogens is 2. The van der Waals surface area contributed by atoms with Gasteiger partial charge in [0.15, 0.2) is 11.6 Å². The van der Waals surface area contributed by atoms with Gasteiger partial charge in [0.25, 0.3) is 0 Å². The predicted octanol–water partition coefficient (Wildman–Crippen LogP) is 2.65. The first-order valence-corrected chi connectivity index (χ1v) is 10.9. The summed E-state index contributed by atoms with van der Waals surface area (Å²) in [5.41, 5.74) is 0.662. The standard InChI is InChI=1S/C20H22N4O4S/c1-2-27-16-5-7-17(8-6-16)29(25,26)24-13-11-23(12-14-24)20-10-9-18(21-22-20)19-4-3-15-28-19/h3-10,15H,2,11-14H2,1H3. The molecule has 1 aromatic carbocycles. The van der Waals surface area contributed by atoms with E-state index in [0.717, 1.165) is 5.82 Å². The van der Waals surface area contributed by atoms with E-state index in [1.54, 1.807) is 36.6 Å². The van der Waals surface area contributed by atoms with Gasteiger partial charge < -0.3 is 14.1 Å². The lowest BCUT2D eigenvalue weighted by molar-refractivity contribution is 0.340. The molecule has 4 rings (SSSR count). The summed E-state index contributed by atoms with van der Waals surface area (Å²) in [5.74, 6) is 2.04. The van der Waals surface area contributed by atoms with Gasteiger partial charge in [-0.3, -0.25) is 0 Å². The van der Waals surface area contributed by atoms with E-state index in [9.17, 15) is 8.42 Å². The van der Waals surface area contributed by atoms with Crippen LogP contribution in [-0.4, -0.2) is 55.7 Å². The Balaban J connectivity index is 1.40. The summed E-state index contributed by atoms with van der Waals surface area (Å²) < 4.78 is 38.0. The molecular weight excluding hydrogens is 392 g/mol. The Morgan fingerprint density at radius 1 is 1.00 bits per heavy atom. The van der Waals surface area contributed by atoms with Crippen molar-refractivity contribution in [1.29, 1.82) is 0 Å². The van der Waals surface area contributed by atoms with Crippen LogP contribution in [0.15, 0.2) is 64.1 Å². The zero-order valence-corrected chi connectivity index (χ0v) is 16.9. The zero-order chi connectivity index (χ0) is 20.3. The van der Waals surface area contributed by atoms with Crippen LogP contribution in [0.3, 0.4) is 0 Å². The topological polar surface area (TPSA) is 88.8 Å². The minimum atomic E-state index is -3.53. The highest BCUT2D eigenvalue weighted by Gasteiger charge is 2.29. The van der Waals surface area contributed by atoms with Crippen LogP contribution in [0.1, 0.15) is 6.92 Å². The van der Waals surface area contributed by atoms with E-state index in [4.69, 9.17) is 9.15 Å². The number of piperazine rings is 1. The van der Waals surface area contributed by atoms with E-state index >= 15 is 0 Å². The molecule has 0 unspecified atom stereocenters. The maximum Gasteiger partial charge on any atom is 0.243 e. The van der Waals surface area contributed by atoms with Crippen LogP contribution in [-0.2, 0) is 10.0 Å². The van der Waals surface area contributed by atoms with E-state index in [0.29, 0.717) is 50.0 Å². The third-order valence-corrected chi connectivity index (χ3v) is 6.67. The Kier molecular flexibility index (Phi) is 5.50. The maximum atomic E-state index is 12.9. The number of nitrogens with zero attached hydrogens (tertiary/aromatic N) is 4. The van der Waals surface area contributed by atoms with Gasteiger partial charge in [-0.1, -0.05) is 0 Å². The molecule has 0 saturated carbocycles. The molecule has 1 aliphatic heterocycles. The highest BCUT2D eigenvalue weighted by Crippen LogP contribution is 2.23. The second kappa shape index (κ2) is 8.22.